The fourth-order valence-electron chi connectivity index (χ4n) is 1.83. The lowest BCUT2D eigenvalue weighted by Crippen LogP contribution is -2.12. The van der Waals surface area contributed by atoms with Gasteiger partial charge in [0.15, 0.2) is 0 Å². The number of benzene rings is 1. The minimum absolute atomic E-state index is 0.369. The van der Waals surface area contributed by atoms with Gasteiger partial charge in [0.1, 0.15) is 0 Å². The summed E-state index contributed by atoms with van der Waals surface area (Å²) in [4.78, 5) is 0. The molecule has 2 heteroatoms. The fraction of sp³-hybridized carbons (Fsp3) is 0.250. The molecule has 0 radical (unpaired) electrons. The van der Waals surface area contributed by atoms with Gasteiger partial charge in [-0.1, -0.05) is 79.6 Å². The van der Waals surface area contributed by atoms with Crippen molar-refractivity contribution in [2.45, 2.75) is 18.6 Å². The third kappa shape index (κ3) is 3.62. The zero-order chi connectivity index (χ0) is 12.6. The predicted octanol–water partition coefficient (Wildman–Crippen LogP) is 4.21. The van der Waals surface area contributed by atoms with Crippen LogP contribution in [0, 0.1) is 0 Å². The molecule has 0 saturated heterocycles. The van der Waals surface area contributed by atoms with E-state index in [1.54, 1.807) is 11.9 Å². The van der Waals surface area contributed by atoms with Crippen molar-refractivity contribution in [3.8, 4) is 0 Å². The average Bonchev–Trinajstić information content (AvgIpc) is 2.66. The van der Waals surface area contributed by atoms with Gasteiger partial charge < -0.3 is 0 Å². The van der Waals surface area contributed by atoms with Crippen molar-refractivity contribution >= 4 is 17.5 Å². The third-order valence-electron chi connectivity index (χ3n) is 2.76. The number of allylic oxidation sites excluding steroid dienone is 4. The lowest BCUT2D eigenvalue weighted by molar-refractivity contribution is 0.877. The Kier molecular flexibility index (Phi) is 5.31. The van der Waals surface area contributed by atoms with Crippen LogP contribution in [-0.2, 0) is 0 Å². The van der Waals surface area contributed by atoms with Crippen LogP contribution < -0.4 is 4.72 Å². The van der Waals surface area contributed by atoms with Gasteiger partial charge in [-0.15, -0.1) is 0 Å². The molecule has 0 fully saturated rings. The number of hydrogen-bond donors (Lipinski definition) is 1. The van der Waals surface area contributed by atoms with Crippen molar-refractivity contribution in [3.63, 3.8) is 0 Å². The Morgan fingerprint density at radius 1 is 1.11 bits per heavy atom. The maximum absolute atomic E-state index is 3.43. The first-order valence-electron chi connectivity index (χ1n) is 6.41. The van der Waals surface area contributed by atoms with Gasteiger partial charge in [0.2, 0.25) is 0 Å². The molecule has 1 aromatic carbocycles. The first-order chi connectivity index (χ1) is 8.92. The molecule has 1 aliphatic rings. The quantitative estimate of drug-likeness (QED) is 0.626. The number of rotatable bonds is 5. The highest BCUT2D eigenvalue weighted by Gasteiger charge is 2.13. The largest absolute Gasteiger partial charge is 0.263 e. The Hall–Kier alpha value is -1.25. The molecule has 1 aliphatic carbocycles. The van der Waals surface area contributed by atoms with E-state index in [1.165, 1.54) is 11.1 Å². The van der Waals surface area contributed by atoms with E-state index in [2.05, 4.69) is 72.4 Å². The fourth-order valence-corrected chi connectivity index (χ4v) is 2.84. The lowest BCUT2D eigenvalue weighted by Gasteiger charge is -2.16. The van der Waals surface area contributed by atoms with Crippen LogP contribution in [0.4, 0.5) is 0 Å². The van der Waals surface area contributed by atoms with Crippen LogP contribution in [-0.4, -0.2) is 11.8 Å². The van der Waals surface area contributed by atoms with Gasteiger partial charge >= 0.3 is 0 Å². The van der Waals surface area contributed by atoms with Crippen molar-refractivity contribution in [2.75, 3.05) is 6.54 Å². The highest BCUT2D eigenvalue weighted by Crippen LogP contribution is 2.28. The second-order valence-electron chi connectivity index (χ2n) is 4.19. The summed E-state index contributed by atoms with van der Waals surface area (Å²) in [5.74, 6) is 0. The van der Waals surface area contributed by atoms with Crippen LogP contribution in [0.5, 0.6) is 0 Å². The number of hydrogen-bond acceptors (Lipinski definition) is 2. The summed E-state index contributed by atoms with van der Waals surface area (Å²) < 4.78 is 3.43. The molecule has 1 unspecified atom stereocenters. The van der Waals surface area contributed by atoms with Gasteiger partial charge in [-0.25, -0.2) is 0 Å². The summed E-state index contributed by atoms with van der Waals surface area (Å²) >= 11 is 1.79. The molecule has 1 N–H and O–H groups in total. The number of nitrogens with one attached hydrogen (secondary N) is 1. The molecule has 0 spiro atoms. The van der Waals surface area contributed by atoms with E-state index in [9.17, 15) is 0 Å². The summed E-state index contributed by atoms with van der Waals surface area (Å²) in [6.07, 6.45) is 11.9. The van der Waals surface area contributed by atoms with E-state index in [1.807, 2.05) is 0 Å². The minimum atomic E-state index is 0.369. The Balaban J connectivity index is 2.15. The zero-order valence-electron chi connectivity index (χ0n) is 10.7. The third-order valence-corrected chi connectivity index (χ3v) is 3.80. The lowest BCUT2D eigenvalue weighted by atomic mass is 10.0. The predicted molar refractivity (Wildman–Crippen MR) is 82.4 cm³/mol. The van der Waals surface area contributed by atoms with Gasteiger partial charge in [-0.2, -0.15) is 0 Å². The van der Waals surface area contributed by atoms with Gasteiger partial charge in [0.05, 0.1) is 5.25 Å². The topological polar surface area (TPSA) is 12.0 Å². The standard InChI is InChI=1S/C16H19NS/c1-2-13-17-18-16-12-8-4-7-11-15(16)14-9-5-3-6-10-14/h3-12,16-17H,2,13H2,1H3. The van der Waals surface area contributed by atoms with E-state index >= 15 is 0 Å². The Labute approximate surface area is 114 Å². The van der Waals surface area contributed by atoms with E-state index in [0.29, 0.717) is 5.25 Å². The molecule has 2 rings (SSSR count). The molecule has 94 valence electrons. The van der Waals surface area contributed by atoms with E-state index < -0.39 is 0 Å². The summed E-state index contributed by atoms with van der Waals surface area (Å²) in [6, 6.07) is 10.6. The Bertz CT molecular complexity index is 445. The molecule has 0 aromatic heterocycles. The molecule has 0 aliphatic heterocycles. The first kappa shape index (κ1) is 13.2. The molecule has 0 saturated carbocycles. The molecule has 18 heavy (non-hydrogen) atoms. The summed E-state index contributed by atoms with van der Waals surface area (Å²) in [5.41, 5.74) is 2.65. The second-order valence-corrected chi connectivity index (χ2v) is 5.22. The van der Waals surface area contributed by atoms with E-state index in [0.717, 1.165) is 13.0 Å². The smallest absolute Gasteiger partial charge is 0.0631 e. The Morgan fingerprint density at radius 3 is 2.72 bits per heavy atom. The SMILES string of the molecule is CCCNSC1C=CC=CC=C1c1ccccc1. The van der Waals surface area contributed by atoms with E-state index in [-0.39, 0.29) is 0 Å². The molecule has 0 bridgehead atoms. The van der Waals surface area contributed by atoms with Gasteiger partial charge in [-0.3, -0.25) is 4.72 Å². The normalized spacial score (nSPS) is 18.5. The van der Waals surface area contributed by atoms with Crippen LogP contribution in [0.25, 0.3) is 5.57 Å². The molecule has 0 amide bonds. The highest BCUT2D eigenvalue weighted by molar-refractivity contribution is 7.98. The van der Waals surface area contributed by atoms with Crippen LogP contribution in [0.1, 0.15) is 18.9 Å². The zero-order valence-corrected chi connectivity index (χ0v) is 11.5. The van der Waals surface area contributed by atoms with Crippen LogP contribution in [0.2, 0.25) is 0 Å². The second kappa shape index (κ2) is 7.24. The maximum atomic E-state index is 3.43. The monoisotopic (exact) mass is 257 g/mol. The molecular weight excluding hydrogens is 238 g/mol. The van der Waals surface area contributed by atoms with Crippen molar-refractivity contribution in [2.24, 2.45) is 0 Å². The highest BCUT2D eigenvalue weighted by atomic mass is 32.2. The van der Waals surface area contributed by atoms with Crippen molar-refractivity contribution in [1.82, 2.24) is 4.72 Å². The molecule has 1 nitrogen and oxygen atoms in total. The first-order valence-corrected chi connectivity index (χ1v) is 7.28. The molecule has 0 heterocycles. The van der Waals surface area contributed by atoms with Crippen molar-refractivity contribution in [3.05, 3.63) is 66.3 Å². The van der Waals surface area contributed by atoms with Crippen LogP contribution in [0.3, 0.4) is 0 Å². The molecular formula is C16H19NS. The van der Waals surface area contributed by atoms with Crippen molar-refractivity contribution in [1.29, 1.82) is 0 Å². The van der Waals surface area contributed by atoms with Crippen molar-refractivity contribution < 1.29 is 0 Å². The summed E-state index contributed by atoms with van der Waals surface area (Å²) in [6.45, 7) is 3.23. The average molecular weight is 257 g/mol. The summed E-state index contributed by atoms with van der Waals surface area (Å²) in [7, 11) is 0. The Morgan fingerprint density at radius 2 is 1.94 bits per heavy atom. The minimum Gasteiger partial charge on any atom is -0.263 e. The van der Waals surface area contributed by atoms with Gasteiger partial charge in [0, 0.05) is 6.54 Å². The van der Waals surface area contributed by atoms with Gasteiger partial charge in [0.25, 0.3) is 0 Å². The molecule has 1 atom stereocenters. The van der Waals surface area contributed by atoms with Crippen LogP contribution >= 0.6 is 11.9 Å². The van der Waals surface area contributed by atoms with E-state index in [4.69, 9.17) is 0 Å². The molecule has 1 aromatic rings. The summed E-state index contributed by atoms with van der Waals surface area (Å²) in [5, 5.41) is 0.369. The van der Waals surface area contributed by atoms with Crippen LogP contribution in [0.15, 0.2) is 60.7 Å². The van der Waals surface area contributed by atoms with Gasteiger partial charge in [-0.05, 0) is 17.6 Å². The maximum Gasteiger partial charge on any atom is 0.0631 e.